The van der Waals surface area contributed by atoms with E-state index in [1.54, 1.807) is 0 Å². The molecule has 3 aliphatic rings. The van der Waals surface area contributed by atoms with Crippen LogP contribution in [0.2, 0.25) is 19.6 Å². The number of hydrogen-bond acceptors (Lipinski definition) is 1. The van der Waals surface area contributed by atoms with E-state index in [0.717, 1.165) is 65.7 Å². The quantitative estimate of drug-likeness (QED) is 0.121. The molecule has 4 nitrogen and oxygen atoms in total. The lowest BCUT2D eigenvalue weighted by atomic mass is 9.77. The summed E-state index contributed by atoms with van der Waals surface area (Å²) in [5, 5.41) is 3.84. The van der Waals surface area contributed by atoms with Crippen molar-refractivity contribution in [2.75, 3.05) is 0 Å². The van der Waals surface area contributed by atoms with E-state index in [9.17, 15) is 0 Å². The first-order chi connectivity index (χ1) is 32.0. The van der Waals surface area contributed by atoms with Crippen molar-refractivity contribution in [2.24, 2.45) is 5.41 Å². The Balaban J connectivity index is 1.10. The van der Waals surface area contributed by atoms with E-state index in [-0.39, 0.29) is 17.4 Å². The number of aromatic nitrogens is 3. The van der Waals surface area contributed by atoms with Gasteiger partial charge in [-0.15, -0.1) is 0 Å². The zero-order valence-electron chi connectivity index (χ0n) is 38.8. The molecule has 3 aromatic heterocycles. The van der Waals surface area contributed by atoms with Crippen LogP contribution in [0.15, 0.2) is 187 Å². The first-order valence-electron chi connectivity index (χ1n) is 23.9. The van der Waals surface area contributed by atoms with Gasteiger partial charge >= 0.3 is 0 Å². The Labute approximate surface area is 389 Å². The van der Waals surface area contributed by atoms with Gasteiger partial charge in [-0.05, 0) is 90.8 Å². The van der Waals surface area contributed by atoms with Gasteiger partial charge in [0.05, 0.1) is 14.5 Å². The van der Waals surface area contributed by atoms with Crippen LogP contribution < -0.4 is 14.3 Å². The second-order valence-electron chi connectivity index (χ2n) is 20.5. The normalized spacial score (nSPS) is 19.2. The number of imidazole rings is 1. The highest BCUT2D eigenvalue weighted by molar-refractivity contribution is 6.89. The Hall–Kier alpha value is -6.82. The maximum absolute atomic E-state index is 7.08. The van der Waals surface area contributed by atoms with Crippen LogP contribution in [0.5, 0.6) is 0 Å². The minimum absolute atomic E-state index is 0.163. The van der Waals surface area contributed by atoms with E-state index in [1.807, 2.05) is 0 Å². The standard InChI is InChI=1S/C61H57N3OSi/c1-40-33-46(43-21-11-8-12-22-43)37-61(40,3)39-63-52-26-16-17-27-53(52)64-41(2)34-54-49(31-29-44-30-32-51-50-25-15-18-28-56(50)65-59(51)58(44)60(63)64)47-23-13-14-24-48(47)55-36-45(35-42-19-9-7-10-20-42)57(38-62(54)55)66(4,5)6/h7-28,30,32-33,36-38,49,54H,2,29,31,34-35,39H2,1,3-6H3/q+2/t49?,54?,61-/m0/s1. The number of nitrogens with zero attached hydrogens (tertiary/aromatic N) is 3. The molecule has 0 radical (unpaired) electrons. The average molecular weight is 876 g/mol. The number of rotatable bonds is 6. The van der Waals surface area contributed by atoms with E-state index in [0.29, 0.717) is 0 Å². The molecule has 0 N–H and O–H groups in total. The second-order valence-corrected chi connectivity index (χ2v) is 25.5. The van der Waals surface area contributed by atoms with Crippen molar-refractivity contribution in [3.63, 3.8) is 0 Å². The van der Waals surface area contributed by atoms with Gasteiger partial charge in [-0.25, -0.2) is 4.57 Å². The molecule has 9 aromatic rings. The van der Waals surface area contributed by atoms with Crippen molar-refractivity contribution < 1.29 is 13.6 Å². The van der Waals surface area contributed by atoms with Crippen LogP contribution in [0.4, 0.5) is 0 Å². The number of para-hydroxylation sites is 3. The van der Waals surface area contributed by atoms with Gasteiger partial charge in [-0.2, -0.15) is 9.13 Å². The zero-order chi connectivity index (χ0) is 44.9. The minimum atomic E-state index is -1.80. The Morgan fingerprint density at radius 2 is 1.53 bits per heavy atom. The lowest BCUT2D eigenvalue weighted by Crippen LogP contribution is -2.54. The number of fused-ring (bicyclic) bond motifs is 15. The highest BCUT2D eigenvalue weighted by Gasteiger charge is 2.46. The topological polar surface area (TPSA) is 25.8 Å². The third kappa shape index (κ3) is 6.53. The predicted molar refractivity (Wildman–Crippen MR) is 275 cm³/mol. The Morgan fingerprint density at radius 3 is 2.35 bits per heavy atom. The lowest BCUT2D eigenvalue weighted by Gasteiger charge is -2.33. The van der Waals surface area contributed by atoms with Crippen LogP contribution in [0.25, 0.3) is 66.9 Å². The smallest absolute Gasteiger partial charge is 0.298 e. The van der Waals surface area contributed by atoms with Crippen LogP contribution >= 0.6 is 0 Å². The Kier molecular flexibility index (Phi) is 9.48. The van der Waals surface area contributed by atoms with E-state index >= 15 is 0 Å². The summed E-state index contributed by atoms with van der Waals surface area (Å²) in [6.07, 6.45) is 11.1. The number of aryl methyl sites for hydroxylation is 1. The van der Waals surface area contributed by atoms with Crippen molar-refractivity contribution >= 4 is 57.5 Å². The molecule has 6 aromatic carbocycles. The summed E-state index contributed by atoms with van der Waals surface area (Å²) in [4.78, 5) is 0. The monoisotopic (exact) mass is 875 g/mol. The third-order valence-corrected chi connectivity index (χ3v) is 17.3. The van der Waals surface area contributed by atoms with Crippen LogP contribution in [0, 0.1) is 5.41 Å². The van der Waals surface area contributed by atoms with E-state index in [2.05, 4.69) is 217 Å². The lowest BCUT2D eigenvalue weighted by molar-refractivity contribution is -0.719. The maximum atomic E-state index is 7.08. The average Bonchev–Trinajstić information content (AvgIpc) is 3.97. The summed E-state index contributed by atoms with van der Waals surface area (Å²) < 4.78 is 14.9. The van der Waals surface area contributed by atoms with Crippen molar-refractivity contribution in [3.05, 3.63) is 210 Å². The molecule has 0 saturated carbocycles. The predicted octanol–water partition coefficient (Wildman–Crippen LogP) is 13.8. The molecule has 2 aliphatic heterocycles. The number of allylic oxidation sites excluding steroid dienone is 5. The fourth-order valence-electron chi connectivity index (χ4n) is 11.9. The number of pyridine rings is 1. The second kappa shape index (κ2) is 15.4. The summed E-state index contributed by atoms with van der Waals surface area (Å²) in [7, 11) is -1.80. The Bertz CT molecular complexity index is 3490. The molecule has 3 atom stereocenters. The SMILES string of the molecule is C=C1CC2C(CCc3ccc4c(oc5ccccc54)c3-c3n(C[C@]4(C)C=C(c5ccccc5)C=C4C)c4ccccc4[n+]31)c1ccccc1-c1cc(Cc3ccccc3)c([Si](C)(C)C)c[n+]12. The van der Waals surface area contributed by atoms with Gasteiger partial charge in [0.25, 0.3) is 5.82 Å². The van der Waals surface area contributed by atoms with Crippen molar-refractivity contribution in [2.45, 2.75) is 77.7 Å². The van der Waals surface area contributed by atoms with Gasteiger partial charge in [0, 0.05) is 38.9 Å². The summed E-state index contributed by atoms with van der Waals surface area (Å²) >= 11 is 0. The molecule has 12 rings (SSSR count). The molecule has 5 heteroatoms. The van der Waals surface area contributed by atoms with Crippen molar-refractivity contribution in [1.29, 1.82) is 0 Å². The fourth-order valence-corrected chi connectivity index (χ4v) is 13.5. The third-order valence-electron chi connectivity index (χ3n) is 15.3. The largest absolute Gasteiger partial charge is 0.455 e. The first-order valence-corrected chi connectivity index (χ1v) is 27.4. The number of hydrogen-bond donors (Lipinski definition) is 0. The molecule has 1 aliphatic carbocycles. The van der Waals surface area contributed by atoms with Gasteiger partial charge in [0.1, 0.15) is 23.4 Å². The molecular weight excluding hydrogens is 819 g/mol. The summed E-state index contributed by atoms with van der Waals surface area (Å²) in [6.45, 7) is 18.2. The van der Waals surface area contributed by atoms with Crippen LogP contribution in [0.3, 0.4) is 0 Å². The summed E-state index contributed by atoms with van der Waals surface area (Å²) in [5.41, 5.74) is 18.4. The maximum Gasteiger partial charge on any atom is 0.298 e. The van der Waals surface area contributed by atoms with E-state index < -0.39 is 8.07 Å². The molecule has 5 heterocycles. The van der Waals surface area contributed by atoms with Crippen molar-refractivity contribution in [1.82, 2.24) is 4.57 Å². The highest BCUT2D eigenvalue weighted by Crippen LogP contribution is 2.48. The fraction of sp³-hybridized carbons (Fsp3) is 0.213. The molecule has 2 unspecified atom stereocenters. The molecule has 66 heavy (non-hydrogen) atoms. The molecule has 0 bridgehead atoms. The van der Waals surface area contributed by atoms with Gasteiger partial charge < -0.3 is 4.42 Å². The molecule has 324 valence electrons. The van der Waals surface area contributed by atoms with Crippen molar-refractivity contribution in [3.8, 4) is 22.6 Å². The van der Waals surface area contributed by atoms with E-state index in [4.69, 9.17) is 11.0 Å². The summed E-state index contributed by atoms with van der Waals surface area (Å²) in [6, 6.07) is 56.2. The molecule has 0 spiro atoms. The zero-order valence-corrected chi connectivity index (χ0v) is 39.8. The van der Waals surface area contributed by atoms with Crippen LogP contribution in [-0.4, -0.2) is 12.6 Å². The molecular formula is C61H57N3OSi+2. The van der Waals surface area contributed by atoms with Gasteiger partial charge in [0.2, 0.25) is 5.69 Å². The number of furan rings is 1. The minimum Gasteiger partial charge on any atom is -0.455 e. The Morgan fingerprint density at radius 1 is 0.803 bits per heavy atom. The van der Waals surface area contributed by atoms with Gasteiger partial charge in [0.15, 0.2) is 28.9 Å². The number of benzene rings is 6. The molecule has 0 saturated heterocycles. The molecule has 0 fully saturated rings. The first kappa shape index (κ1) is 40.7. The molecule has 0 amide bonds. The summed E-state index contributed by atoms with van der Waals surface area (Å²) in [5.74, 6) is 1.42. The van der Waals surface area contributed by atoms with Gasteiger partial charge in [-0.1, -0.05) is 165 Å². The van der Waals surface area contributed by atoms with E-state index in [1.165, 1.54) is 72.0 Å². The highest BCUT2D eigenvalue weighted by atomic mass is 28.3. The van der Waals surface area contributed by atoms with Crippen LogP contribution in [0.1, 0.15) is 66.5 Å². The van der Waals surface area contributed by atoms with Crippen LogP contribution in [-0.2, 0) is 19.4 Å². The van der Waals surface area contributed by atoms with Gasteiger partial charge in [-0.3, -0.25) is 0 Å².